The molecule has 30 heavy (non-hydrogen) atoms. The Morgan fingerprint density at radius 1 is 0.700 bits per heavy atom. The molecule has 1 aliphatic carbocycles. The van der Waals surface area contributed by atoms with E-state index in [0.29, 0.717) is 0 Å². The Hall–Kier alpha value is -1.92. The zero-order valence-corrected chi connectivity index (χ0v) is 20.6. The molecule has 0 fully saturated rings. The van der Waals surface area contributed by atoms with Crippen molar-refractivity contribution >= 4 is 10.8 Å². The van der Waals surface area contributed by atoms with Crippen molar-refractivity contribution in [1.82, 2.24) is 0 Å². The van der Waals surface area contributed by atoms with Crippen LogP contribution in [-0.4, -0.2) is 0 Å². The van der Waals surface area contributed by atoms with E-state index < -0.39 is 0 Å². The number of hydrogen-bond donors (Lipinski definition) is 0. The molecule has 0 heterocycles. The van der Waals surface area contributed by atoms with Crippen LogP contribution in [0.2, 0.25) is 0 Å². The van der Waals surface area contributed by atoms with Crippen LogP contribution in [0, 0.1) is 12.5 Å². The number of hydrogen-bond acceptors (Lipinski definition) is 0. The van der Waals surface area contributed by atoms with Gasteiger partial charge in [0.05, 0.1) is 0 Å². The predicted octanol–water partition coefficient (Wildman–Crippen LogP) is 1.16. The molecule has 5 rings (SSSR count). The summed E-state index contributed by atoms with van der Waals surface area (Å²) >= 11 is 0. The van der Waals surface area contributed by atoms with Crippen LogP contribution in [0.25, 0.3) is 10.8 Å². The van der Waals surface area contributed by atoms with E-state index in [9.17, 15) is 0 Å². The third-order valence-electron chi connectivity index (χ3n) is 4.07. The molecular formula is C27H23Cl2Zr-3. The van der Waals surface area contributed by atoms with Crippen molar-refractivity contribution in [3.8, 4) is 0 Å². The monoisotopic (exact) mass is 507 g/mol. The summed E-state index contributed by atoms with van der Waals surface area (Å²) in [5.41, 5.74) is 2.49. The first kappa shape index (κ1) is 28.1. The first-order chi connectivity index (χ1) is 13.4. The van der Waals surface area contributed by atoms with Crippen molar-refractivity contribution in [3.05, 3.63) is 145 Å². The van der Waals surface area contributed by atoms with Crippen molar-refractivity contribution in [2.24, 2.45) is 0 Å². The molecule has 4 aromatic rings. The third-order valence-corrected chi connectivity index (χ3v) is 4.07. The smallest absolute Gasteiger partial charge is 1.00 e. The molecule has 152 valence electrons. The second kappa shape index (κ2) is 16.8. The molecule has 0 bridgehead atoms. The minimum atomic E-state index is 0. The van der Waals surface area contributed by atoms with Gasteiger partial charge in [0.15, 0.2) is 0 Å². The van der Waals surface area contributed by atoms with Crippen LogP contribution in [0.4, 0.5) is 0 Å². The summed E-state index contributed by atoms with van der Waals surface area (Å²) in [7, 11) is 0. The van der Waals surface area contributed by atoms with E-state index in [1.807, 2.05) is 24.3 Å². The SMILES string of the molecule is [C-]1=CC=CC1.[Cl-].[Cl-].[Zr+2].c1ccc([CH-]c2ccccc2)cc1.c1ccc2[cH-]ccc2c1. The van der Waals surface area contributed by atoms with Gasteiger partial charge in [-0.05, 0) is 0 Å². The van der Waals surface area contributed by atoms with Crippen molar-refractivity contribution in [2.75, 3.05) is 0 Å². The molecule has 0 unspecified atom stereocenters. The van der Waals surface area contributed by atoms with E-state index in [4.69, 9.17) is 0 Å². The molecule has 0 spiro atoms. The van der Waals surface area contributed by atoms with Crippen LogP contribution in [0.15, 0.2) is 121 Å². The van der Waals surface area contributed by atoms with Crippen LogP contribution < -0.4 is 24.8 Å². The van der Waals surface area contributed by atoms with E-state index in [2.05, 4.69) is 110 Å². The molecule has 0 N–H and O–H groups in total. The molecule has 0 nitrogen and oxygen atoms in total. The summed E-state index contributed by atoms with van der Waals surface area (Å²) in [5, 5.41) is 2.66. The van der Waals surface area contributed by atoms with Gasteiger partial charge in [-0.3, -0.25) is 6.08 Å². The van der Waals surface area contributed by atoms with E-state index in [-0.39, 0.29) is 51.0 Å². The van der Waals surface area contributed by atoms with Gasteiger partial charge in [0, 0.05) is 0 Å². The molecule has 0 atom stereocenters. The number of halogens is 2. The van der Waals surface area contributed by atoms with Gasteiger partial charge in [0.2, 0.25) is 0 Å². The van der Waals surface area contributed by atoms with Crippen LogP contribution >= 0.6 is 0 Å². The zero-order valence-electron chi connectivity index (χ0n) is 16.6. The summed E-state index contributed by atoms with van der Waals surface area (Å²) in [6.45, 7) is 0. The number of fused-ring (bicyclic) bond motifs is 1. The van der Waals surface area contributed by atoms with E-state index in [0.717, 1.165) is 6.42 Å². The standard InChI is InChI=1S/C13H11.C9H7.C5H5.2ClH.Zr/c1-3-7-12(8-4-1)11-13-9-5-2-6-10-13;1-2-5-9-7-3-6-8(9)4-1;1-2-4-5-3-1;;;/h1-11H;1-7H;1-3H,4H2;2*1H;/q3*-1;;;+2/p-2. The van der Waals surface area contributed by atoms with Crippen LogP contribution in [0.3, 0.4) is 0 Å². The van der Waals surface area contributed by atoms with Gasteiger partial charge in [-0.25, -0.2) is 12.2 Å². The average molecular weight is 510 g/mol. The van der Waals surface area contributed by atoms with E-state index in [1.165, 1.54) is 21.9 Å². The molecule has 4 aromatic carbocycles. The Bertz CT molecular complexity index is 896. The molecule has 0 aromatic heterocycles. The molecule has 0 amide bonds. The van der Waals surface area contributed by atoms with Gasteiger partial charge in [0.25, 0.3) is 0 Å². The molecule has 1 aliphatic rings. The molecule has 0 saturated heterocycles. The minimum Gasteiger partial charge on any atom is -1.00 e. The zero-order chi connectivity index (χ0) is 18.6. The Labute approximate surface area is 212 Å². The van der Waals surface area contributed by atoms with Gasteiger partial charge in [0.1, 0.15) is 0 Å². The number of allylic oxidation sites excluding steroid dienone is 4. The maximum atomic E-state index is 2.99. The third kappa shape index (κ3) is 10.2. The van der Waals surface area contributed by atoms with Gasteiger partial charge >= 0.3 is 26.2 Å². The van der Waals surface area contributed by atoms with Gasteiger partial charge in [-0.1, -0.05) is 42.5 Å². The predicted molar refractivity (Wildman–Crippen MR) is 116 cm³/mol. The summed E-state index contributed by atoms with van der Waals surface area (Å²) in [4.78, 5) is 0. The van der Waals surface area contributed by atoms with Crippen molar-refractivity contribution in [3.63, 3.8) is 0 Å². The first-order valence-corrected chi connectivity index (χ1v) is 9.19. The van der Waals surface area contributed by atoms with Crippen LogP contribution in [0.5, 0.6) is 0 Å². The fourth-order valence-corrected chi connectivity index (χ4v) is 2.70. The first-order valence-electron chi connectivity index (χ1n) is 9.19. The normalized spacial score (nSPS) is 10.1. The second-order valence-electron chi connectivity index (χ2n) is 6.12. The Morgan fingerprint density at radius 3 is 1.73 bits per heavy atom. The minimum absolute atomic E-state index is 0. The summed E-state index contributed by atoms with van der Waals surface area (Å²) in [6.07, 6.45) is 12.2. The maximum absolute atomic E-state index is 2.99. The number of rotatable bonds is 2. The quantitative estimate of drug-likeness (QED) is 0.356. The van der Waals surface area contributed by atoms with Gasteiger partial charge < -0.3 is 24.8 Å². The van der Waals surface area contributed by atoms with Crippen LogP contribution in [0.1, 0.15) is 17.5 Å². The fraction of sp³-hybridized carbons (Fsp3) is 0.0370. The van der Waals surface area contributed by atoms with E-state index in [1.54, 1.807) is 0 Å². The average Bonchev–Trinajstić information content (AvgIpc) is 3.45. The second-order valence-corrected chi connectivity index (χ2v) is 6.12. The van der Waals surface area contributed by atoms with Gasteiger partial charge in [-0.2, -0.15) is 23.6 Å². The summed E-state index contributed by atoms with van der Waals surface area (Å²) < 4.78 is 0. The maximum Gasteiger partial charge on any atom is 2.00 e. The Balaban J connectivity index is 0.000000435. The number of benzene rings is 3. The Kier molecular flexibility index (Phi) is 15.8. The van der Waals surface area contributed by atoms with Gasteiger partial charge in [-0.15, -0.1) is 77.9 Å². The van der Waals surface area contributed by atoms with E-state index >= 15 is 0 Å². The molecule has 0 aliphatic heterocycles. The van der Waals surface area contributed by atoms with Crippen molar-refractivity contribution < 1.29 is 51.0 Å². The fourth-order valence-electron chi connectivity index (χ4n) is 2.70. The largest absolute Gasteiger partial charge is 2.00 e. The molecule has 0 radical (unpaired) electrons. The molecule has 3 heteroatoms. The Morgan fingerprint density at radius 2 is 1.27 bits per heavy atom. The van der Waals surface area contributed by atoms with Crippen molar-refractivity contribution in [1.29, 1.82) is 0 Å². The topological polar surface area (TPSA) is 0 Å². The summed E-state index contributed by atoms with van der Waals surface area (Å²) in [5.74, 6) is 0. The molecule has 0 saturated carbocycles. The van der Waals surface area contributed by atoms with Crippen LogP contribution in [-0.2, 0) is 26.2 Å². The van der Waals surface area contributed by atoms with Crippen molar-refractivity contribution in [2.45, 2.75) is 6.42 Å². The molecular weight excluding hydrogens is 486 g/mol. The summed E-state index contributed by atoms with van der Waals surface area (Å²) in [6, 6.07) is 35.3.